The van der Waals surface area contributed by atoms with Gasteiger partial charge in [0.05, 0.1) is 5.75 Å². The SMILES string of the molecule is CCc1cccc(CC)c1NC(=O)CSc1n[nH]c(-c2ccncc2)n1. The minimum absolute atomic E-state index is 0.0548. The van der Waals surface area contributed by atoms with Gasteiger partial charge in [-0.25, -0.2) is 4.98 Å². The van der Waals surface area contributed by atoms with Crippen molar-refractivity contribution < 1.29 is 4.79 Å². The van der Waals surface area contributed by atoms with E-state index in [9.17, 15) is 4.79 Å². The fourth-order valence-corrected chi connectivity index (χ4v) is 3.26. The smallest absolute Gasteiger partial charge is 0.234 e. The molecule has 3 rings (SSSR count). The van der Waals surface area contributed by atoms with Crippen LogP contribution in [0.4, 0.5) is 5.69 Å². The van der Waals surface area contributed by atoms with Crippen molar-refractivity contribution in [2.24, 2.45) is 0 Å². The van der Waals surface area contributed by atoms with E-state index < -0.39 is 0 Å². The molecule has 2 N–H and O–H groups in total. The first-order chi connectivity index (χ1) is 12.7. The molecule has 0 saturated heterocycles. The summed E-state index contributed by atoms with van der Waals surface area (Å²) in [6.07, 6.45) is 5.17. The molecule has 134 valence electrons. The van der Waals surface area contributed by atoms with Gasteiger partial charge in [-0.3, -0.25) is 14.9 Å². The van der Waals surface area contributed by atoms with Crippen LogP contribution in [-0.4, -0.2) is 31.8 Å². The Bertz CT molecular complexity index is 856. The second-order valence-corrected chi connectivity index (χ2v) is 6.64. The van der Waals surface area contributed by atoms with Crippen molar-refractivity contribution in [2.75, 3.05) is 11.1 Å². The van der Waals surface area contributed by atoms with Crippen LogP contribution in [0.3, 0.4) is 0 Å². The van der Waals surface area contributed by atoms with Crippen LogP contribution in [0.5, 0.6) is 0 Å². The van der Waals surface area contributed by atoms with Crippen LogP contribution in [0.15, 0.2) is 47.9 Å². The maximum atomic E-state index is 12.4. The van der Waals surface area contributed by atoms with E-state index in [-0.39, 0.29) is 11.7 Å². The Morgan fingerprint density at radius 2 is 1.81 bits per heavy atom. The number of thioether (sulfide) groups is 1. The molecule has 3 aromatic rings. The van der Waals surface area contributed by atoms with Crippen LogP contribution >= 0.6 is 11.8 Å². The minimum atomic E-state index is -0.0548. The van der Waals surface area contributed by atoms with E-state index in [1.54, 1.807) is 12.4 Å². The van der Waals surface area contributed by atoms with E-state index in [0.29, 0.717) is 11.0 Å². The molecule has 0 unspecified atom stereocenters. The molecular formula is C19H21N5OS. The van der Waals surface area contributed by atoms with Crippen LogP contribution in [0, 0.1) is 0 Å². The van der Waals surface area contributed by atoms with Gasteiger partial charge in [0, 0.05) is 23.6 Å². The van der Waals surface area contributed by atoms with E-state index in [1.165, 1.54) is 11.8 Å². The zero-order valence-corrected chi connectivity index (χ0v) is 15.6. The molecular weight excluding hydrogens is 346 g/mol. The molecule has 1 aromatic carbocycles. The van der Waals surface area contributed by atoms with Crippen LogP contribution in [0.1, 0.15) is 25.0 Å². The Hall–Kier alpha value is -2.67. The molecule has 0 atom stereocenters. The number of amides is 1. The van der Waals surface area contributed by atoms with Gasteiger partial charge in [0.2, 0.25) is 11.1 Å². The molecule has 2 aromatic heterocycles. The molecule has 6 nitrogen and oxygen atoms in total. The number of carbonyl (C=O) groups is 1. The molecule has 1 amide bonds. The third kappa shape index (κ3) is 4.29. The lowest BCUT2D eigenvalue weighted by Crippen LogP contribution is -2.16. The van der Waals surface area contributed by atoms with Crippen molar-refractivity contribution in [3.05, 3.63) is 53.9 Å². The first-order valence-electron chi connectivity index (χ1n) is 8.57. The van der Waals surface area contributed by atoms with Gasteiger partial charge >= 0.3 is 0 Å². The summed E-state index contributed by atoms with van der Waals surface area (Å²) >= 11 is 1.31. The summed E-state index contributed by atoms with van der Waals surface area (Å²) in [6, 6.07) is 9.86. The first kappa shape index (κ1) is 18.1. The number of aromatic nitrogens is 4. The number of aromatic amines is 1. The van der Waals surface area contributed by atoms with E-state index in [0.717, 1.165) is 35.2 Å². The molecule has 0 radical (unpaired) electrons. The summed E-state index contributed by atoms with van der Waals surface area (Å²) in [5, 5.41) is 10.7. The Kier molecular flexibility index (Phi) is 6.01. The highest BCUT2D eigenvalue weighted by Crippen LogP contribution is 2.24. The van der Waals surface area contributed by atoms with Crippen molar-refractivity contribution in [2.45, 2.75) is 31.8 Å². The van der Waals surface area contributed by atoms with Crippen molar-refractivity contribution in [1.82, 2.24) is 20.2 Å². The van der Waals surface area contributed by atoms with Crippen LogP contribution in [0.2, 0.25) is 0 Å². The topological polar surface area (TPSA) is 83.6 Å². The monoisotopic (exact) mass is 367 g/mol. The molecule has 26 heavy (non-hydrogen) atoms. The molecule has 0 aliphatic heterocycles. The number of carbonyl (C=O) groups excluding carboxylic acids is 1. The zero-order chi connectivity index (χ0) is 18.4. The lowest BCUT2D eigenvalue weighted by atomic mass is 10.0. The molecule has 7 heteroatoms. The summed E-state index contributed by atoms with van der Waals surface area (Å²) in [4.78, 5) is 20.8. The van der Waals surface area contributed by atoms with Gasteiger partial charge in [-0.2, -0.15) is 0 Å². The summed E-state index contributed by atoms with van der Waals surface area (Å²) in [6.45, 7) is 4.18. The number of H-pyrrole nitrogens is 1. The Labute approximate surface area is 156 Å². The highest BCUT2D eigenvalue weighted by Gasteiger charge is 2.12. The number of aryl methyl sites for hydroxylation is 2. The van der Waals surface area contributed by atoms with Crippen molar-refractivity contribution in [3.8, 4) is 11.4 Å². The van der Waals surface area contributed by atoms with Gasteiger partial charge in [-0.1, -0.05) is 43.8 Å². The molecule has 0 fully saturated rings. The average molecular weight is 367 g/mol. The van der Waals surface area contributed by atoms with Crippen LogP contribution in [0.25, 0.3) is 11.4 Å². The van der Waals surface area contributed by atoms with Gasteiger partial charge < -0.3 is 5.32 Å². The van der Waals surface area contributed by atoms with Crippen LogP contribution < -0.4 is 5.32 Å². The standard InChI is InChI=1S/C19H21N5OS/c1-3-13-6-5-7-14(4-2)17(13)21-16(25)12-26-19-22-18(23-24-19)15-8-10-20-11-9-15/h5-11H,3-4,12H2,1-2H3,(H,21,25)(H,22,23,24). The van der Waals surface area contributed by atoms with E-state index >= 15 is 0 Å². The maximum Gasteiger partial charge on any atom is 0.234 e. The summed E-state index contributed by atoms with van der Waals surface area (Å²) in [5.41, 5.74) is 4.16. The fraction of sp³-hybridized carbons (Fsp3) is 0.263. The van der Waals surface area contributed by atoms with Crippen LogP contribution in [-0.2, 0) is 17.6 Å². The molecule has 0 aliphatic carbocycles. The second kappa shape index (κ2) is 8.62. The second-order valence-electron chi connectivity index (χ2n) is 5.70. The normalized spacial score (nSPS) is 10.7. The molecule has 0 aliphatic rings. The number of nitrogens with one attached hydrogen (secondary N) is 2. The lowest BCUT2D eigenvalue weighted by molar-refractivity contribution is -0.113. The third-order valence-electron chi connectivity index (χ3n) is 4.01. The summed E-state index contributed by atoms with van der Waals surface area (Å²) in [5.74, 6) is 0.871. The zero-order valence-electron chi connectivity index (χ0n) is 14.8. The first-order valence-corrected chi connectivity index (χ1v) is 9.56. The summed E-state index contributed by atoms with van der Waals surface area (Å²) < 4.78 is 0. The van der Waals surface area contributed by atoms with E-state index in [2.05, 4.69) is 51.5 Å². The quantitative estimate of drug-likeness (QED) is 0.622. The number of anilines is 1. The number of pyridine rings is 1. The van der Waals surface area contributed by atoms with Crippen molar-refractivity contribution in [3.63, 3.8) is 0 Å². The molecule has 2 heterocycles. The van der Waals surface area contributed by atoms with Gasteiger partial charge in [0.25, 0.3) is 0 Å². The van der Waals surface area contributed by atoms with Gasteiger partial charge in [-0.15, -0.1) is 5.10 Å². The van der Waals surface area contributed by atoms with E-state index in [1.807, 2.05) is 18.2 Å². The Morgan fingerprint density at radius 1 is 1.12 bits per heavy atom. The lowest BCUT2D eigenvalue weighted by Gasteiger charge is -2.14. The number of hydrogen-bond acceptors (Lipinski definition) is 5. The van der Waals surface area contributed by atoms with Crippen molar-refractivity contribution >= 4 is 23.4 Å². The third-order valence-corrected chi connectivity index (χ3v) is 4.86. The fourth-order valence-electron chi connectivity index (χ4n) is 2.66. The predicted octanol–water partition coefficient (Wildman–Crippen LogP) is 3.72. The highest BCUT2D eigenvalue weighted by molar-refractivity contribution is 7.99. The minimum Gasteiger partial charge on any atom is -0.325 e. The predicted molar refractivity (Wildman–Crippen MR) is 104 cm³/mol. The number of benzene rings is 1. The highest BCUT2D eigenvalue weighted by atomic mass is 32.2. The Morgan fingerprint density at radius 3 is 2.46 bits per heavy atom. The number of para-hydroxylation sites is 1. The molecule has 0 spiro atoms. The van der Waals surface area contributed by atoms with E-state index in [4.69, 9.17) is 0 Å². The van der Waals surface area contributed by atoms with Gasteiger partial charge in [0.1, 0.15) is 0 Å². The largest absolute Gasteiger partial charge is 0.325 e. The maximum absolute atomic E-state index is 12.4. The number of rotatable bonds is 7. The van der Waals surface area contributed by atoms with Gasteiger partial charge in [0.15, 0.2) is 5.82 Å². The Balaban J connectivity index is 1.63. The number of hydrogen-bond donors (Lipinski definition) is 2. The summed E-state index contributed by atoms with van der Waals surface area (Å²) in [7, 11) is 0. The molecule has 0 saturated carbocycles. The molecule has 0 bridgehead atoms. The average Bonchev–Trinajstić information content (AvgIpc) is 3.16. The van der Waals surface area contributed by atoms with Gasteiger partial charge in [-0.05, 0) is 36.1 Å². The number of nitrogens with zero attached hydrogens (tertiary/aromatic N) is 3. The van der Waals surface area contributed by atoms with Crippen molar-refractivity contribution in [1.29, 1.82) is 0 Å².